The molecule has 0 bridgehead atoms. The fraction of sp³-hybridized carbons (Fsp3) is 0.765. The number of rotatable bonds is 5. The van der Waals surface area contributed by atoms with Crippen LogP contribution in [0.4, 0.5) is 5.82 Å². The summed E-state index contributed by atoms with van der Waals surface area (Å²) in [5.41, 5.74) is -0.206. The van der Waals surface area contributed by atoms with Crippen LogP contribution in [0.5, 0.6) is 0 Å². The third kappa shape index (κ3) is 4.63. The second-order valence-corrected chi connectivity index (χ2v) is 9.19. The standard InChI is InChI=1S/C17H28N4O4S/c1-26(24,25)18-12-13-6-4-5-11-20(13)16-9-10-17(23)21(19-16)14-7-2-3-8-15(14)22/h9-10,13-15,18,22H,2-8,11-12H2,1H3. The summed E-state index contributed by atoms with van der Waals surface area (Å²) in [6.07, 6.45) is 6.90. The van der Waals surface area contributed by atoms with Crippen LogP contribution in [0.25, 0.3) is 0 Å². The minimum Gasteiger partial charge on any atom is -0.391 e. The molecule has 2 heterocycles. The van der Waals surface area contributed by atoms with Gasteiger partial charge in [-0.25, -0.2) is 17.8 Å². The van der Waals surface area contributed by atoms with Crippen molar-refractivity contribution in [3.63, 3.8) is 0 Å². The predicted octanol–water partition coefficient (Wildman–Crippen LogP) is 0.627. The zero-order chi connectivity index (χ0) is 18.7. The first-order valence-electron chi connectivity index (χ1n) is 9.34. The first-order chi connectivity index (χ1) is 12.3. The molecular formula is C17H28N4O4S. The van der Waals surface area contributed by atoms with Crippen LogP contribution in [-0.4, -0.2) is 54.8 Å². The van der Waals surface area contributed by atoms with E-state index in [1.807, 2.05) is 0 Å². The van der Waals surface area contributed by atoms with Gasteiger partial charge in [0.15, 0.2) is 0 Å². The van der Waals surface area contributed by atoms with Crippen LogP contribution in [-0.2, 0) is 10.0 Å². The van der Waals surface area contributed by atoms with Crippen LogP contribution in [0.3, 0.4) is 0 Å². The number of piperidine rings is 1. The van der Waals surface area contributed by atoms with Crippen LogP contribution in [0.2, 0.25) is 0 Å². The number of hydrogen-bond acceptors (Lipinski definition) is 6. The maximum absolute atomic E-state index is 12.3. The van der Waals surface area contributed by atoms with Crippen molar-refractivity contribution in [1.82, 2.24) is 14.5 Å². The molecule has 1 saturated heterocycles. The molecule has 3 atom stereocenters. The molecule has 2 fully saturated rings. The third-order valence-corrected chi connectivity index (χ3v) is 6.01. The smallest absolute Gasteiger partial charge is 0.267 e. The van der Waals surface area contributed by atoms with Crippen molar-refractivity contribution in [2.45, 2.75) is 63.1 Å². The summed E-state index contributed by atoms with van der Waals surface area (Å²) in [5.74, 6) is 0.669. The SMILES string of the molecule is CS(=O)(=O)NCC1CCCCN1c1ccc(=O)n(C2CCCCC2O)n1. The highest BCUT2D eigenvalue weighted by molar-refractivity contribution is 7.88. The third-order valence-electron chi connectivity index (χ3n) is 5.32. The molecule has 0 aromatic carbocycles. The molecule has 0 spiro atoms. The van der Waals surface area contributed by atoms with E-state index in [1.54, 1.807) is 6.07 Å². The average molecular weight is 385 g/mol. The van der Waals surface area contributed by atoms with Gasteiger partial charge < -0.3 is 10.0 Å². The van der Waals surface area contributed by atoms with Gasteiger partial charge in [-0.2, -0.15) is 5.10 Å². The van der Waals surface area contributed by atoms with E-state index in [-0.39, 0.29) is 17.6 Å². The molecule has 26 heavy (non-hydrogen) atoms. The van der Waals surface area contributed by atoms with E-state index in [0.717, 1.165) is 51.3 Å². The van der Waals surface area contributed by atoms with Gasteiger partial charge in [0.1, 0.15) is 5.82 Å². The fourth-order valence-electron chi connectivity index (χ4n) is 3.94. The predicted molar refractivity (Wildman–Crippen MR) is 99.8 cm³/mol. The van der Waals surface area contributed by atoms with Gasteiger partial charge in [-0.3, -0.25) is 4.79 Å². The number of sulfonamides is 1. The Morgan fingerprint density at radius 3 is 2.65 bits per heavy atom. The van der Waals surface area contributed by atoms with E-state index in [9.17, 15) is 18.3 Å². The monoisotopic (exact) mass is 384 g/mol. The summed E-state index contributed by atoms with van der Waals surface area (Å²) in [6.45, 7) is 1.10. The molecule has 2 aliphatic rings. The van der Waals surface area contributed by atoms with Crippen LogP contribution < -0.4 is 15.2 Å². The molecule has 1 aromatic heterocycles. The van der Waals surface area contributed by atoms with Gasteiger partial charge in [-0.15, -0.1) is 0 Å². The van der Waals surface area contributed by atoms with Crippen molar-refractivity contribution in [3.8, 4) is 0 Å². The number of anilines is 1. The van der Waals surface area contributed by atoms with Crippen molar-refractivity contribution in [2.75, 3.05) is 24.2 Å². The Labute approximate surface area is 154 Å². The summed E-state index contributed by atoms with van der Waals surface area (Å²) < 4.78 is 26.9. The second-order valence-electron chi connectivity index (χ2n) is 7.36. The molecule has 1 aliphatic heterocycles. The van der Waals surface area contributed by atoms with Gasteiger partial charge in [0.05, 0.1) is 18.4 Å². The minimum absolute atomic E-state index is 0.00760. The number of aliphatic hydroxyl groups is 1. The lowest BCUT2D eigenvalue weighted by Crippen LogP contribution is -2.48. The summed E-state index contributed by atoms with van der Waals surface area (Å²) in [7, 11) is -3.25. The first-order valence-corrected chi connectivity index (χ1v) is 11.2. The Bertz CT molecular complexity index is 779. The second kappa shape index (κ2) is 8.06. The Hall–Kier alpha value is -1.45. The topological polar surface area (TPSA) is 105 Å². The van der Waals surface area contributed by atoms with Crippen LogP contribution in [0, 0.1) is 0 Å². The molecule has 2 N–H and O–H groups in total. The highest BCUT2D eigenvalue weighted by Crippen LogP contribution is 2.28. The molecule has 1 aromatic rings. The van der Waals surface area contributed by atoms with E-state index in [1.165, 1.54) is 10.7 Å². The lowest BCUT2D eigenvalue weighted by Gasteiger charge is -2.37. The van der Waals surface area contributed by atoms with Crippen molar-refractivity contribution >= 4 is 15.8 Å². The largest absolute Gasteiger partial charge is 0.391 e. The number of aromatic nitrogens is 2. The van der Waals surface area contributed by atoms with Gasteiger partial charge in [-0.1, -0.05) is 12.8 Å². The van der Waals surface area contributed by atoms with Crippen LogP contribution in [0.1, 0.15) is 51.0 Å². The zero-order valence-electron chi connectivity index (χ0n) is 15.2. The highest BCUT2D eigenvalue weighted by Gasteiger charge is 2.29. The van der Waals surface area contributed by atoms with Gasteiger partial charge in [0.2, 0.25) is 10.0 Å². The molecule has 1 aliphatic carbocycles. The van der Waals surface area contributed by atoms with Gasteiger partial charge in [-0.05, 0) is 38.2 Å². The molecular weight excluding hydrogens is 356 g/mol. The van der Waals surface area contributed by atoms with E-state index < -0.39 is 16.1 Å². The van der Waals surface area contributed by atoms with Crippen molar-refractivity contribution in [3.05, 3.63) is 22.5 Å². The Morgan fingerprint density at radius 1 is 1.19 bits per heavy atom. The Balaban J connectivity index is 1.84. The van der Waals surface area contributed by atoms with Gasteiger partial charge in [0, 0.05) is 25.2 Å². The van der Waals surface area contributed by atoms with Crippen molar-refractivity contribution in [1.29, 1.82) is 0 Å². The maximum atomic E-state index is 12.3. The molecule has 9 heteroatoms. The summed E-state index contributed by atoms with van der Waals surface area (Å²) >= 11 is 0. The first kappa shape index (κ1) is 19.3. The summed E-state index contributed by atoms with van der Waals surface area (Å²) in [6, 6.07) is 2.92. The molecule has 0 radical (unpaired) electrons. The van der Waals surface area contributed by atoms with Crippen molar-refractivity contribution < 1.29 is 13.5 Å². The lowest BCUT2D eigenvalue weighted by molar-refractivity contribution is 0.0669. The van der Waals surface area contributed by atoms with E-state index in [2.05, 4.69) is 14.7 Å². The van der Waals surface area contributed by atoms with E-state index in [4.69, 9.17) is 0 Å². The fourth-order valence-corrected chi connectivity index (χ4v) is 4.44. The summed E-state index contributed by atoms with van der Waals surface area (Å²) in [4.78, 5) is 14.4. The average Bonchev–Trinajstić information content (AvgIpc) is 2.61. The van der Waals surface area contributed by atoms with Gasteiger partial charge >= 0.3 is 0 Å². The zero-order valence-corrected chi connectivity index (χ0v) is 16.0. The molecule has 146 valence electrons. The van der Waals surface area contributed by atoms with Crippen LogP contribution >= 0.6 is 0 Å². The lowest BCUT2D eigenvalue weighted by atomic mass is 9.93. The molecule has 1 saturated carbocycles. The Morgan fingerprint density at radius 2 is 1.92 bits per heavy atom. The molecule has 8 nitrogen and oxygen atoms in total. The molecule has 3 unspecified atom stereocenters. The summed E-state index contributed by atoms with van der Waals surface area (Å²) in [5, 5.41) is 14.8. The minimum atomic E-state index is -3.25. The number of nitrogens with zero attached hydrogens (tertiary/aromatic N) is 3. The number of aliphatic hydroxyl groups excluding tert-OH is 1. The molecule has 3 rings (SSSR count). The Kier molecular flexibility index (Phi) is 5.99. The van der Waals surface area contributed by atoms with Crippen LogP contribution in [0.15, 0.2) is 16.9 Å². The van der Waals surface area contributed by atoms with E-state index >= 15 is 0 Å². The highest BCUT2D eigenvalue weighted by atomic mass is 32.2. The maximum Gasteiger partial charge on any atom is 0.267 e. The molecule has 0 amide bonds. The number of hydrogen-bond donors (Lipinski definition) is 2. The van der Waals surface area contributed by atoms with E-state index in [0.29, 0.717) is 18.8 Å². The van der Waals surface area contributed by atoms with Crippen molar-refractivity contribution in [2.24, 2.45) is 0 Å². The van der Waals surface area contributed by atoms with Gasteiger partial charge in [0.25, 0.3) is 5.56 Å². The normalized spacial score (nSPS) is 27.5. The quantitative estimate of drug-likeness (QED) is 0.771. The number of nitrogens with one attached hydrogen (secondary N) is 1.